The molecular formula is C21H25ClN2O2. The lowest BCUT2D eigenvalue weighted by Crippen LogP contribution is -2.35. The first-order chi connectivity index (χ1) is 12.3. The summed E-state index contributed by atoms with van der Waals surface area (Å²) in [5, 5.41) is 0.562. The van der Waals surface area contributed by atoms with Gasteiger partial charge in [-0.3, -0.25) is 9.59 Å². The molecule has 2 rings (SSSR count). The van der Waals surface area contributed by atoms with E-state index < -0.39 is 0 Å². The van der Waals surface area contributed by atoms with Gasteiger partial charge in [-0.05, 0) is 42.7 Å². The van der Waals surface area contributed by atoms with E-state index in [4.69, 9.17) is 17.3 Å². The first kappa shape index (κ1) is 20.1. The zero-order chi connectivity index (χ0) is 19.3. The van der Waals surface area contributed by atoms with Crippen molar-refractivity contribution in [1.29, 1.82) is 0 Å². The maximum atomic E-state index is 12.8. The SMILES string of the molecule is CC(C)C(N)CCN(C)C(=O)c1ccccc1C(=O)c1ccc(Cl)cc1. The maximum Gasteiger partial charge on any atom is 0.254 e. The molecule has 2 aromatic rings. The molecule has 4 nitrogen and oxygen atoms in total. The van der Waals surface area contributed by atoms with Crippen molar-refractivity contribution in [2.24, 2.45) is 11.7 Å². The molecule has 0 fully saturated rings. The number of halogens is 1. The van der Waals surface area contributed by atoms with E-state index >= 15 is 0 Å². The average Bonchev–Trinajstić information content (AvgIpc) is 2.65. The fourth-order valence-electron chi connectivity index (χ4n) is 2.61. The molecule has 1 amide bonds. The van der Waals surface area contributed by atoms with Gasteiger partial charge in [-0.25, -0.2) is 0 Å². The summed E-state index contributed by atoms with van der Waals surface area (Å²) in [7, 11) is 1.74. The van der Waals surface area contributed by atoms with Gasteiger partial charge in [0.25, 0.3) is 5.91 Å². The second-order valence-corrected chi connectivity index (χ2v) is 7.24. The Kier molecular flexibility index (Phi) is 6.95. The highest BCUT2D eigenvalue weighted by Crippen LogP contribution is 2.18. The van der Waals surface area contributed by atoms with Crippen molar-refractivity contribution in [3.63, 3.8) is 0 Å². The normalized spacial score (nSPS) is 12.1. The van der Waals surface area contributed by atoms with Gasteiger partial charge in [-0.1, -0.05) is 43.6 Å². The molecule has 0 aromatic heterocycles. The van der Waals surface area contributed by atoms with Gasteiger partial charge in [-0.2, -0.15) is 0 Å². The molecule has 2 aromatic carbocycles. The first-order valence-electron chi connectivity index (χ1n) is 8.71. The zero-order valence-corrected chi connectivity index (χ0v) is 16.2. The van der Waals surface area contributed by atoms with Crippen LogP contribution in [0.5, 0.6) is 0 Å². The Morgan fingerprint density at radius 2 is 1.62 bits per heavy atom. The van der Waals surface area contributed by atoms with Crippen LogP contribution in [-0.4, -0.2) is 36.2 Å². The van der Waals surface area contributed by atoms with Gasteiger partial charge >= 0.3 is 0 Å². The molecule has 138 valence electrons. The summed E-state index contributed by atoms with van der Waals surface area (Å²) in [6, 6.07) is 13.6. The lowest BCUT2D eigenvalue weighted by Gasteiger charge is -2.22. The fraction of sp³-hybridized carbons (Fsp3) is 0.333. The van der Waals surface area contributed by atoms with E-state index in [0.29, 0.717) is 40.6 Å². The third-order valence-corrected chi connectivity index (χ3v) is 4.76. The third kappa shape index (κ3) is 4.93. The molecule has 1 unspecified atom stereocenters. The Bertz CT molecular complexity index is 772. The zero-order valence-electron chi connectivity index (χ0n) is 15.4. The standard InChI is InChI=1S/C21H25ClN2O2/c1-14(2)19(23)12-13-24(3)21(26)18-7-5-4-6-17(18)20(25)15-8-10-16(22)11-9-15/h4-11,14,19H,12-13,23H2,1-3H3. The van der Waals surface area contributed by atoms with Crippen LogP contribution in [0.3, 0.4) is 0 Å². The largest absolute Gasteiger partial charge is 0.342 e. The van der Waals surface area contributed by atoms with Crippen LogP contribution in [-0.2, 0) is 0 Å². The molecule has 1 atom stereocenters. The second kappa shape index (κ2) is 8.97. The lowest BCUT2D eigenvalue weighted by molar-refractivity contribution is 0.0784. The molecule has 0 saturated carbocycles. The Labute approximate surface area is 159 Å². The molecule has 0 spiro atoms. The van der Waals surface area contributed by atoms with Gasteiger partial charge in [0.05, 0.1) is 5.56 Å². The summed E-state index contributed by atoms with van der Waals surface area (Å²) < 4.78 is 0. The van der Waals surface area contributed by atoms with E-state index in [1.807, 2.05) is 0 Å². The fourth-order valence-corrected chi connectivity index (χ4v) is 2.73. The van der Waals surface area contributed by atoms with Crippen LogP contribution < -0.4 is 5.73 Å². The van der Waals surface area contributed by atoms with E-state index in [9.17, 15) is 9.59 Å². The van der Waals surface area contributed by atoms with E-state index in [1.165, 1.54) is 0 Å². The molecule has 0 aliphatic carbocycles. The van der Waals surface area contributed by atoms with Crippen LogP contribution in [0.15, 0.2) is 48.5 Å². The quantitative estimate of drug-likeness (QED) is 0.746. The Morgan fingerprint density at radius 3 is 2.19 bits per heavy atom. The molecule has 5 heteroatoms. The number of benzene rings is 2. The highest BCUT2D eigenvalue weighted by atomic mass is 35.5. The highest BCUT2D eigenvalue weighted by Gasteiger charge is 2.21. The Morgan fingerprint density at radius 1 is 1.04 bits per heavy atom. The number of hydrogen-bond acceptors (Lipinski definition) is 3. The van der Waals surface area contributed by atoms with Crippen molar-refractivity contribution in [3.8, 4) is 0 Å². The minimum Gasteiger partial charge on any atom is -0.342 e. The molecule has 0 aliphatic rings. The summed E-state index contributed by atoms with van der Waals surface area (Å²) in [5.41, 5.74) is 7.35. The number of amides is 1. The summed E-state index contributed by atoms with van der Waals surface area (Å²) in [6.07, 6.45) is 0.715. The lowest BCUT2D eigenvalue weighted by atomic mass is 9.97. The van der Waals surface area contributed by atoms with E-state index in [2.05, 4.69) is 13.8 Å². The predicted molar refractivity (Wildman–Crippen MR) is 106 cm³/mol. The van der Waals surface area contributed by atoms with E-state index in [-0.39, 0.29) is 17.7 Å². The number of hydrogen-bond donors (Lipinski definition) is 1. The van der Waals surface area contributed by atoms with Crippen LogP contribution in [0.4, 0.5) is 0 Å². The molecular weight excluding hydrogens is 348 g/mol. The van der Waals surface area contributed by atoms with E-state index in [1.54, 1.807) is 60.5 Å². The summed E-state index contributed by atoms with van der Waals surface area (Å²) in [6.45, 7) is 4.67. The minimum absolute atomic E-state index is 0.0381. The number of carbonyl (C=O) groups is 2. The van der Waals surface area contributed by atoms with Gasteiger partial charge in [0.2, 0.25) is 0 Å². The van der Waals surface area contributed by atoms with Gasteiger partial charge in [0.1, 0.15) is 0 Å². The third-order valence-electron chi connectivity index (χ3n) is 4.51. The van der Waals surface area contributed by atoms with Gasteiger partial charge in [-0.15, -0.1) is 0 Å². The van der Waals surface area contributed by atoms with Crippen LogP contribution in [0.25, 0.3) is 0 Å². The molecule has 0 saturated heterocycles. The first-order valence-corrected chi connectivity index (χ1v) is 9.09. The molecule has 0 radical (unpaired) electrons. The van der Waals surface area contributed by atoms with Crippen LogP contribution >= 0.6 is 11.6 Å². The second-order valence-electron chi connectivity index (χ2n) is 6.80. The molecule has 2 N–H and O–H groups in total. The Balaban J connectivity index is 2.21. The topological polar surface area (TPSA) is 63.4 Å². The molecule has 0 aliphatic heterocycles. The molecule has 0 heterocycles. The highest BCUT2D eigenvalue weighted by molar-refractivity contribution is 6.30. The van der Waals surface area contributed by atoms with Crippen LogP contribution in [0, 0.1) is 5.92 Å². The number of nitrogens with two attached hydrogens (primary N) is 1. The van der Waals surface area contributed by atoms with Crippen molar-refractivity contribution in [2.45, 2.75) is 26.3 Å². The monoisotopic (exact) mass is 372 g/mol. The summed E-state index contributed by atoms with van der Waals surface area (Å²) >= 11 is 5.89. The average molecular weight is 373 g/mol. The number of carbonyl (C=O) groups excluding carboxylic acids is 2. The molecule has 26 heavy (non-hydrogen) atoms. The van der Waals surface area contributed by atoms with Gasteiger partial charge < -0.3 is 10.6 Å². The van der Waals surface area contributed by atoms with Crippen molar-refractivity contribution in [3.05, 3.63) is 70.2 Å². The van der Waals surface area contributed by atoms with Crippen LogP contribution in [0.2, 0.25) is 5.02 Å². The van der Waals surface area contributed by atoms with Crippen molar-refractivity contribution in [1.82, 2.24) is 4.90 Å². The minimum atomic E-state index is -0.196. The van der Waals surface area contributed by atoms with Crippen molar-refractivity contribution in [2.75, 3.05) is 13.6 Å². The predicted octanol–water partition coefficient (Wildman–Crippen LogP) is 4.02. The van der Waals surface area contributed by atoms with Crippen LogP contribution in [0.1, 0.15) is 46.5 Å². The van der Waals surface area contributed by atoms with Gasteiger partial charge in [0, 0.05) is 35.8 Å². The maximum absolute atomic E-state index is 12.8. The van der Waals surface area contributed by atoms with E-state index in [0.717, 1.165) is 0 Å². The number of rotatable bonds is 7. The number of ketones is 1. The van der Waals surface area contributed by atoms with Crippen molar-refractivity contribution < 1.29 is 9.59 Å². The smallest absolute Gasteiger partial charge is 0.254 e. The summed E-state index contributed by atoms with van der Waals surface area (Å²) in [5.74, 6) is -0.0194. The van der Waals surface area contributed by atoms with Crippen molar-refractivity contribution >= 4 is 23.3 Å². The van der Waals surface area contributed by atoms with Gasteiger partial charge in [0.15, 0.2) is 5.78 Å². The Hall–Kier alpha value is -2.17. The molecule has 0 bridgehead atoms. The summed E-state index contributed by atoms with van der Waals surface area (Å²) in [4.78, 5) is 27.3. The number of nitrogens with zero attached hydrogens (tertiary/aromatic N) is 1.